The number of hydrogen-bond acceptors (Lipinski definition) is 3. The summed E-state index contributed by atoms with van der Waals surface area (Å²) in [5.74, 6) is 0. The van der Waals surface area contributed by atoms with Gasteiger partial charge in [-0.15, -0.1) is 0 Å². The fraction of sp³-hybridized carbons (Fsp3) is 0.562. The minimum absolute atomic E-state index is 0.0222. The van der Waals surface area contributed by atoms with Gasteiger partial charge in [-0.3, -0.25) is 4.90 Å². The molecule has 0 amide bonds. The molecule has 0 radical (unpaired) electrons. The number of hydrogen-bond donors (Lipinski definition) is 1. The molecule has 1 aromatic rings. The predicted molar refractivity (Wildman–Crippen MR) is 93.5 cm³/mol. The third kappa shape index (κ3) is 3.54. The Balaban J connectivity index is 1.99. The van der Waals surface area contributed by atoms with Gasteiger partial charge in [0.1, 0.15) is 0 Å². The lowest BCUT2D eigenvalue weighted by Crippen LogP contribution is -2.48. The van der Waals surface area contributed by atoms with Gasteiger partial charge in [-0.1, -0.05) is 41.5 Å². The molecule has 1 heterocycles. The highest BCUT2D eigenvalue weighted by Crippen LogP contribution is 2.35. The first-order valence-corrected chi connectivity index (χ1v) is 8.73. The molecular formula is C16H24N2S2. The van der Waals surface area contributed by atoms with Crippen molar-refractivity contribution in [2.45, 2.75) is 38.0 Å². The highest BCUT2D eigenvalue weighted by Gasteiger charge is 2.36. The quantitative estimate of drug-likeness (QED) is 0.864. The summed E-state index contributed by atoms with van der Waals surface area (Å²) in [6.45, 7) is 7.51. The second kappa shape index (κ2) is 6.46. The van der Waals surface area contributed by atoms with Crippen LogP contribution in [0.15, 0.2) is 18.2 Å². The molecule has 0 aliphatic carbocycles. The van der Waals surface area contributed by atoms with E-state index in [1.54, 1.807) is 0 Å². The van der Waals surface area contributed by atoms with Gasteiger partial charge < -0.3 is 5.73 Å². The maximum absolute atomic E-state index is 5.94. The molecule has 110 valence electrons. The van der Waals surface area contributed by atoms with E-state index in [0.29, 0.717) is 4.99 Å². The molecule has 0 unspecified atom stereocenters. The molecule has 1 aromatic carbocycles. The van der Waals surface area contributed by atoms with Crippen LogP contribution in [0.5, 0.6) is 0 Å². The molecule has 1 fully saturated rings. The molecule has 0 spiro atoms. The van der Waals surface area contributed by atoms with Gasteiger partial charge in [-0.2, -0.15) is 11.8 Å². The van der Waals surface area contributed by atoms with E-state index < -0.39 is 0 Å². The van der Waals surface area contributed by atoms with Gasteiger partial charge in [0.2, 0.25) is 0 Å². The molecule has 1 aliphatic heterocycles. The zero-order valence-corrected chi connectivity index (χ0v) is 14.2. The molecular weight excluding hydrogens is 284 g/mol. The normalized spacial score (nSPS) is 18.9. The van der Waals surface area contributed by atoms with E-state index in [2.05, 4.69) is 43.2 Å². The van der Waals surface area contributed by atoms with Gasteiger partial charge in [0.05, 0.1) is 9.74 Å². The van der Waals surface area contributed by atoms with E-state index in [1.807, 2.05) is 11.8 Å². The van der Waals surface area contributed by atoms with Crippen LogP contribution in [0.4, 0.5) is 0 Å². The average molecular weight is 309 g/mol. The highest BCUT2D eigenvalue weighted by molar-refractivity contribution is 8.02. The number of rotatable bonds is 4. The SMILES string of the molecule is CSC1(C(N)=S)CCN(Cc2cc(C)cc(C)c2)CC1. The molecule has 2 N–H and O–H groups in total. The molecule has 1 aliphatic rings. The van der Waals surface area contributed by atoms with E-state index in [0.717, 1.165) is 32.5 Å². The number of aryl methyl sites for hydroxylation is 2. The lowest BCUT2D eigenvalue weighted by atomic mass is 9.95. The Morgan fingerprint density at radius 2 is 1.80 bits per heavy atom. The molecule has 4 heteroatoms. The van der Waals surface area contributed by atoms with E-state index >= 15 is 0 Å². The number of thiocarbonyl (C=S) groups is 1. The van der Waals surface area contributed by atoms with Crippen LogP contribution in [0.1, 0.15) is 29.5 Å². The Kier molecular flexibility index (Phi) is 5.10. The van der Waals surface area contributed by atoms with Crippen molar-refractivity contribution in [1.82, 2.24) is 4.90 Å². The number of nitrogens with zero attached hydrogens (tertiary/aromatic N) is 1. The molecule has 0 bridgehead atoms. The minimum Gasteiger partial charge on any atom is -0.392 e. The topological polar surface area (TPSA) is 29.3 Å². The van der Waals surface area contributed by atoms with Crippen molar-refractivity contribution in [3.8, 4) is 0 Å². The summed E-state index contributed by atoms with van der Waals surface area (Å²) in [5, 5.41) is 0. The predicted octanol–water partition coefficient (Wildman–Crippen LogP) is 3.29. The molecule has 0 aromatic heterocycles. The largest absolute Gasteiger partial charge is 0.392 e. The third-order valence-corrected chi connectivity index (χ3v) is 6.12. The Hall–Kier alpha value is -0.580. The molecule has 0 atom stereocenters. The number of thioether (sulfide) groups is 1. The zero-order chi connectivity index (χ0) is 14.8. The maximum Gasteiger partial charge on any atom is 0.0891 e. The first-order chi connectivity index (χ1) is 9.45. The first kappa shape index (κ1) is 15.8. The average Bonchev–Trinajstić information content (AvgIpc) is 2.38. The van der Waals surface area contributed by atoms with E-state index in [9.17, 15) is 0 Å². The second-order valence-corrected chi connectivity index (χ2v) is 7.46. The number of likely N-dealkylation sites (tertiary alicyclic amines) is 1. The van der Waals surface area contributed by atoms with Gasteiger partial charge >= 0.3 is 0 Å². The van der Waals surface area contributed by atoms with Crippen molar-refractivity contribution >= 4 is 29.0 Å². The van der Waals surface area contributed by atoms with Crippen molar-refractivity contribution in [3.05, 3.63) is 34.9 Å². The molecule has 2 rings (SSSR count). The van der Waals surface area contributed by atoms with Crippen molar-refractivity contribution in [2.24, 2.45) is 5.73 Å². The Morgan fingerprint density at radius 1 is 1.25 bits per heavy atom. The summed E-state index contributed by atoms with van der Waals surface area (Å²) in [7, 11) is 0. The fourth-order valence-electron chi connectivity index (χ4n) is 3.04. The van der Waals surface area contributed by atoms with Crippen molar-refractivity contribution < 1.29 is 0 Å². The number of nitrogens with two attached hydrogens (primary N) is 1. The van der Waals surface area contributed by atoms with E-state index in [-0.39, 0.29) is 4.75 Å². The summed E-state index contributed by atoms with van der Waals surface area (Å²) in [6, 6.07) is 6.80. The minimum atomic E-state index is 0.0222. The number of benzene rings is 1. The van der Waals surface area contributed by atoms with Gasteiger partial charge in [-0.05, 0) is 38.5 Å². The van der Waals surface area contributed by atoms with Crippen LogP contribution in [0.25, 0.3) is 0 Å². The van der Waals surface area contributed by atoms with Crippen molar-refractivity contribution in [1.29, 1.82) is 0 Å². The molecule has 20 heavy (non-hydrogen) atoms. The Labute approximate surface area is 132 Å². The highest BCUT2D eigenvalue weighted by atomic mass is 32.2. The molecule has 2 nitrogen and oxygen atoms in total. The van der Waals surface area contributed by atoms with Crippen LogP contribution < -0.4 is 5.73 Å². The third-order valence-electron chi connectivity index (χ3n) is 4.19. The maximum atomic E-state index is 5.94. The first-order valence-electron chi connectivity index (χ1n) is 7.10. The van der Waals surface area contributed by atoms with E-state index in [1.165, 1.54) is 16.7 Å². The number of piperidine rings is 1. The standard InChI is InChI=1S/C16H24N2S2/c1-12-8-13(2)10-14(9-12)11-18-6-4-16(20-3,5-7-18)15(17)19/h8-10H,4-7,11H2,1-3H3,(H2,17,19). The van der Waals surface area contributed by atoms with E-state index in [4.69, 9.17) is 18.0 Å². The smallest absolute Gasteiger partial charge is 0.0891 e. The second-order valence-electron chi connectivity index (χ2n) is 5.83. The van der Waals surface area contributed by atoms with Gasteiger partial charge in [0.25, 0.3) is 0 Å². The Bertz CT molecular complexity index is 471. The molecule has 0 saturated carbocycles. The van der Waals surface area contributed by atoms with Crippen molar-refractivity contribution in [3.63, 3.8) is 0 Å². The van der Waals surface area contributed by atoms with Crippen LogP contribution in [0.2, 0.25) is 0 Å². The summed E-state index contributed by atoms with van der Waals surface area (Å²) >= 11 is 7.09. The monoisotopic (exact) mass is 308 g/mol. The van der Waals surface area contributed by atoms with Crippen molar-refractivity contribution in [2.75, 3.05) is 19.3 Å². The summed E-state index contributed by atoms with van der Waals surface area (Å²) in [5.41, 5.74) is 10.0. The zero-order valence-electron chi connectivity index (χ0n) is 12.6. The van der Waals surface area contributed by atoms with Crippen LogP contribution in [0.3, 0.4) is 0 Å². The lowest BCUT2D eigenvalue weighted by Gasteiger charge is -2.40. The molecule has 1 saturated heterocycles. The van der Waals surface area contributed by atoms with Crippen LogP contribution in [0, 0.1) is 13.8 Å². The van der Waals surface area contributed by atoms with Gasteiger partial charge in [0.15, 0.2) is 0 Å². The van der Waals surface area contributed by atoms with Crippen LogP contribution >= 0.6 is 24.0 Å². The summed E-state index contributed by atoms with van der Waals surface area (Å²) in [6.07, 6.45) is 4.25. The van der Waals surface area contributed by atoms with Gasteiger partial charge in [-0.25, -0.2) is 0 Å². The summed E-state index contributed by atoms with van der Waals surface area (Å²) < 4.78 is 0.0222. The van der Waals surface area contributed by atoms with Crippen LogP contribution in [-0.4, -0.2) is 34.0 Å². The lowest BCUT2D eigenvalue weighted by molar-refractivity contribution is 0.212. The van der Waals surface area contributed by atoms with Gasteiger partial charge in [0, 0.05) is 19.6 Å². The summed E-state index contributed by atoms with van der Waals surface area (Å²) in [4.78, 5) is 3.19. The van der Waals surface area contributed by atoms with Crippen LogP contribution in [-0.2, 0) is 6.54 Å². The fourth-order valence-corrected chi connectivity index (χ4v) is 4.29. The Morgan fingerprint density at radius 3 is 2.25 bits per heavy atom.